The first-order chi connectivity index (χ1) is 29.8. The molecule has 4 aliphatic rings. The van der Waals surface area contributed by atoms with Crippen molar-refractivity contribution in [2.75, 3.05) is 27.9 Å². The van der Waals surface area contributed by atoms with Crippen molar-refractivity contribution in [2.45, 2.75) is 180 Å². The van der Waals surface area contributed by atoms with Gasteiger partial charge in [0.05, 0.1) is 30.8 Å². The number of allylic oxidation sites excluding steroid dienone is 6. The number of nitrogens with zero attached hydrogens (tertiary/aromatic N) is 1. The minimum absolute atomic E-state index is 0.0498. The van der Waals surface area contributed by atoms with Gasteiger partial charge in [-0.2, -0.15) is 0 Å². The number of methoxy groups -OCH3 is 3. The molecule has 0 radical (unpaired) electrons. The smallest absolute Gasteiger partial charge is 0.329 e. The lowest BCUT2D eigenvalue weighted by Gasteiger charge is -2.43. The van der Waals surface area contributed by atoms with Gasteiger partial charge in [0.25, 0.3) is 0 Å². The Hall–Kier alpha value is -3.04. The fourth-order valence-corrected chi connectivity index (χ4v) is 10.0. The lowest BCUT2D eigenvalue weighted by molar-refractivity contribution is -0.283. The maximum absolute atomic E-state index is 14.2. The largest absolute Gasteiger partial charge is 0.460 e. The van der Waals surface area contributed by atoms with Crippen LogP contribution in [0.5, 0.6) is 0 Å². The van der Waals surface area contributed by atoms with E-state index in [1.165, 1.54) is 12.0 Å². The first kappa shape index (κ1) is 52.6. The highest BCUT2D eigenvalue weighted by atomic mass is 16.6. The van der Waals surface area contributed by atoms with Crippen LogP contribution in [0.2, 0.25) is 0 Å². The fourth-order valence-electron chi connectivity index (χ4n) is 10.0. The van der Waals surface area contributed by atoms with E-state index in [9.17, 15) is 34.5 Å². The third-order valence-corrected chi connectivity index (χ3v) is 14.3. The number of aliphatic hydroxyl groups is 3. The number of esters is 1. The SMILES string of the molecule is CO[C@H]1C[C@@H]2CC[C@@H](C)[C@](O)(CC(=O)N3CCC[C@H]3C(=O)O[C@H]([C@H](C)CC3CC[C@H](O)[C@@H](OC)C3)CC(=O)[C@H](C)/C=C(\C)[C@@H](O)[C@@H](OC)C(=O)[C@H](C)C[C@H](C)/C=C/C=C/C=C/1C)O2. The Balaban J connectivity index is 1.65. The van der Waals surface area contributed by atoms with E-state index in [1.807, 2.05) is 65.0 Å². The summed E-state index contributed by atoms with van der Waals surface area (Å²) in [5.74, 6) is -4.68. The molecule has 0 aromatic rings. The second-order valence-corrected chi connectivity index (χ2v) is 19.3. The van der Waals surface area contributed by atoms with Crippen molar-refractivity contribution >= 4 is 23.4 Å². The van der Waals surface area contributed by atoms with Crippen LogP contribution in [0.3, 0.4) is 0 Å². The van der Waals surface area contributed by atoms with Gasteiger partial charge in [-0.25, -0.2) is 4.79 Å². The number of hydrogen-bond donors (Lipinski definition) is 3. The molecule has 13 heteroatoms. The molecule has 0 aromatic carbocycles. The molecule has 1 saturated carbocycles. The summed E-state index contributed by atoms with van der Waals surface area (Å²) >= 11 is 0. The Morgan fingerprint density at radius 2 is 1.60 bits per heavy atom. The number of ketones is 2. The highest BCUT2D eigenvalue weighted by Gasteiger charge is 2.47. The summed E-state index contributed by atoms with van der Waals surface area (Å²) < 4.78 is 29.6. The standard InChI is InChI=1S/C50H79NO12/c1-30-15-12-11-13-16-31(2)42(59-8)27-38-20-18-36(7)50(58,63-38)29-45(54)51-22-14-17-39(51)49(57)62-43(33(4)25-37-19-21-40(52)44(26-37)60-9)28-41(53)32(3)24-35(6)47(56)48(61-10)46(55)34(5)23-30/h11-13,15-16,24,30,32-34,36-40,42-44,47-48,52,56,58H,14,17-23,25-29H2,1-10H3/b13-11+,15-12+,31-16+,35-24+/t30-,32-,33-,34-,36-,37?,38+,39+,40+,42+,43+,44+,47-,48+,50+/m1/s1. The van der Waals surface area contributed by atoms with Crippen molar-refractivity contribution in [1.82, 2.24) is 4.90 Å². The molecule has 3 aliphatic heterocycles. The summed E-state index contributed by atoms with van der Waals surface area (Å²) in [5.41, 5.74) is 1.38. The summed E-state index contributed by atoms with van der Waals surface area (Å²) in [6.07, 6.45) is 12.1. The van der Waals surface area contributed by atoms with Crippen LogP contribution in [0.1, 0.15) is 126 Å². The van der Waals surface area contributed by atoms with Crippen LogP contribution < -0.4 is 0 Å². The van der Waals surface area contributed by atoms with Gasteiger partial charge < -0.3 is 43.9 Å². The predicted molar refractivity (Wildman–Crippen MR) is 240 cm³/mol. The van der Waals surface area contributed by atoms with Gasteiger partial charge >= 0.3 is 5.97 Å². The number of Topliss-reactive ketones (excluding diaryl/α,β-unsaturated/α-hetero) is 2. The molecule has 356 valence electrons. The van der Waals surface area contributed by atoms with Crippen molar-refractivity contribution in [2.24, 2.45) is 35.5 Å². The molecule has 4 rings (SSSR count). The Bertz CT molecular complexity index is 1660. The summed E-state index contributed by atoms with van der Waals surface area (Å²) in [4.78, 5) is 57.5. The molecule has 0 spiro atoms. The van der Waals surface area contributed by atoms with Gasteiger partial charge in [-0.15, -0.1) is 0 Å². The van der Waals surface area contributed by atoms with Crippen molar-refractivity contribution < 1.29 is 58.2 Å². The maximum Gasteiger partial charge on any atom is 0.329 e. The average molecular weight is 886 g/mol. The van der Waals surface area contributed by atoms with Crippen LogP contribution in [0, 0.1) is 35.5 Å². The predicted octanol–water partition coefficient (Wildman–Crippen LogP) is 6.61. The van der Waals surface area contributed by atoms with Crippen LogP contribution in [-0.4, -0.2) is 126 Å². The third kappa shape index (κ3) is 14.5. The van der Waals surface area contributed by atoms with Gasteiger partial charge in [0.15, 0.2) is 11.6 Å². The molecule has 3 fully saturated rings. The average Bonchev–Trinajstić information content (AvgIpc) is 3.75. The molecule has 1 aliphatic carbocycles. The molecule has 3 N–H and O–H groups in total. The zero-order valence-corrected chi connectivity index (χ0v) is 39.7. The van der Waals surface area contributed by atoms with Crippen molar-refractivity contribution in [3.05, 3.63) is 47.6 Å². The third-order valence-electron chi connectivity index (χ3n) is 14.3. The van der Waals surface area contributed by atoms with Gasteiger partial charge in [0.1, 0.15) is 30.1 Å². The van der Waals surface area contributed by atoms with Crippen molar-refractivity contribution in [3.63, 3.8) is 0 Å². The maximum atomic E-state index is 14.2. The molecule has 0 aromatic heterocycles. The van der Waals surface area contributed by atoms with Gasteiger partial charge in [-0.3, -0.25) is 14.4 Å². The number of carbonyl (C=O) groups is 4. The topological polar surface area (TPSA) is 178 Å². The van der Waals surface area contributed by atoms with Crippen molar-refractivity contribution in [3.8, 4) is 0 Å². The van der Waals surface area contributed by atoms with Crippen LogP contribution in [0.25, 0.3) is 0 Å². The Morgan fingerprint density at radius 1 is 0.873 bits per heavy atom. The van der Waals surface area contributed by atoms with Crippen LogP contribution in [-0.2, 0) is 42.9 Å². The second kappa shape index (κ2) is 24.5. The molecular formula is C50H79NO12. The van der Waals surface area contributed by atoms with Crippen molar-refractivity contribution in [1.29, 1.82) is 0 Å². The Kier molecular flexibility index (Phi) is 20.4. The van der Waals surface area contributed by atoms with E-state index in [0.29, 0.717) is 69.9 Å². The quantitative estimate of drug-likeness (QED) is 0.192. The molecule has 1 unspecified atom stereocenters. The number of carbonyl (C=O) groups excluding carboxylic acids is 4. The minimum atomic E-state index is -1.74. The van der Waals surface area contributed by atoms with E-state index in [2.05, 4.69) is 0 Å². The molecular weight excluding hydrogens is 807 g/mol. The Morgan fingerprint density at radius 3 is 2.29 bits per heavy atom. The summed E-state index contributed by atoms with van der Waals surface area (Å²) in [5, 5.41) is 33.8. The number of ether oxygens (including phenoxy) is 5. The zero-order chi connectivity index (χ0) is 46.6. The van der Waals surface area contributed by atoms with E-state index < -0.39 is 60.0 Å². The molecule has 63 heavy (non-hydrogen) atoms. The van der Waals surface area contributed by atoms with Gasteiger partial charge in [0, 0.05) is 58.5 Å². The van der Waals surface area contributed by atoms with Gasteiger partial charge in [-0.05, 0) is 101 Å². The molecule has 2 bridgehead atoms. The van der Waals surface area contributed by atoms with E-state index in [0.717, 1.165) is 12.0 Å². The van der Waals surface area contributed by atoms with Gasteiger partial charge in [0.2, 0.25) is 5.91 Å². The number of amides is 1. The highest BCUT2D eigenvalue weighted by molar-refractivity contribution is 5.87. The number of aliphatic hydroxyl groups excluding tert-OH is 2. The zero-order valence-electron chi connectivity index (χ0n) is 39.7. The summed E-state index contributed by atoms with van der Waals surface area (Å²) in [6.45, 7) is 13.4. The number of cyclic esters (lactones) is 1. The Labute approximate surface area is 376 Å². The summed E-state index contributed by atoms with van der Waals surface area (Å²) in [6, 6.07) is -0.892. The van der Waals surface area contributed by atoms with E-state index in [4.69, 9.17) is 23.7 Å². The molecule has 1 amide bonds. The summed E-state index contributed by atoms with van der Waals surface area (Å²) in [7, 11) is 4.62. The number of rotatable bonds is 6. The lowest BCUT2D eigenvalue weighted by Crippen LogP contribution is -2.52. The van der Waals surface area contributed by atoms with E-state index >= 15 is 0 Å². The molecule has 3 heterocycles. The minimum Gasteiger partial charge on any atom is -0.460 e. The van der Waals surface area contributed by atoms with Crippen LogP contribution in [0.15, 0.2) is 47.6 Å². The molecule has 2 saturated heterocycles. The first-order valence-corrected chi connectivity index (χ1v) is 23.4. The van der Waals surface area contributed by atoms with Gasteiger partial charge in [-0.1, -0.05) is 71.1 Å². The number of hydrogen-bond acceptors (Lipinski definition) is 12. The first-order valence-electron chi connectivity index (χ1n) is 23.4. The second-order valence-electron chi connectivity index (χ2n) is 19.3. The molecule has 13 nitrogen and oxygen atoms in total. The fraction of sp³-hybridized carbons (Fsp3) is 0.760. The van der Waals surface area contributed by atoms with E-state index in [-0.39, 0.29) is 66.4 Å². The monoisotopic (exact) mass is 886 g/mol. The lowest BCUT2D eigenvalue weighted by atomic mass is 9.78. The number of fused-ring (bicyclic) bond motifs is 3. The highest BCUT2D eigenvalue weighted by Crippen LogP contribution is 2.39. The molecule has 15 atom stereocenters. The van der Waals surface area contributed by atoms with E-state index in [1.54, 1.807) is 34.1 Å². The van der Waals surface area contributed by atoms with Crippen LogP contribution >= 0.6 is 0 Å². The van der Waals surface area contributed by atoms with Crippen LogP contribution in [0.4, 0.5) is 0 Å². The normalized spacial score (nSPS) is 41.1.